The third-order valence-electron chi connectivity index (χ3n) is 2.36. The maximum atomic E-state index is 5.72. The van der Waals surface area contributed by atoms with E-state index in [2.05, 4.69) is 10.3 Å². The van der Waals surface area contributed by atoms with E-state index in [1.165, 1.54) is 0 Å². The first kappa shape index (κ1) is 12.2. The molecule has 0 aliphatic carbocycles. The highest BCUT2D eigenvalue weighted by molar-refractivity contribution is 5.42. The van der Waals surface area contributed by atoms with Crippen molar-refractivity contribution in [2.45, 2.75) is 6.92 Å². The zero-order valence-electron chi connectivity index (χ0n) is 10.5. The van der Waals surface area contributed by atoms with Crippen LogP contribution < -0.4 is 14.8 Å². The monoisotopic (exact) mass is 244 g/mol. The summed E-state index contributed by atoms with van der Waals surface area (Å²) in [5, 5.41) is 2.97. The van der Waals surface area contributed by atoms with Crippen molar-refractivity contribution in [1.82, 2.24) is 4.98 Å². The predicted molar refractivity (Wildman–Crippen MR) is 71.5 cm³/mol. The molecule has 0 fully saturated rings. The fraction of sp³-hybridized carbons (Fsp3) is 0.214. The van der Waals surface area contributed by atoms with Crippen LogP contribution in [0.5, 0.6) is 17.2 Å². The van der Waals surface area contributed by atoms with Gasteiger partial charge >= 0.3 is 0 Å². The molecule has 18 heavy (non-hydrogen) atoms. The van der Waals surface area contributed by atoms with Gasteiger partial charge in [0.05, 0.1) is 6.61 Å². The Morgan fingerprint density at radius 1 is 1.06 bits per heavy atom. The first-order valence-corrected chi connectivity index (χ1v) is 5.86. The van der Waals surface area contributed by atoms with Gasteiger partial charge in [-0.05, 0) is 37.3 Å². The molecule has 2 rings (SSSR count). The quantitative estimate of drug-likeness (QED) is 0.876. The molecule has 0 saturated heterocycles. The van der Waals surface area contributed by atoms with Crippen LogP contribution in [-0.2, 0) is 0 Å². The lowest BCUT2D eigenvalue weighted by molar-refractivity contribution is 0.339. The van der Waals surface area contributed by atoms with Gasteiger partial charge in [0.2, 0.25) is 0 Å². The van der Waals surface area contributed by atoms with Crippen molar-refractivity contribution in [3.8, 4) is 17.2 Å². The molecule has 2 aromatic rings. The first-order chi connectivity index (χ1) is 8.81. The Kier molecular flexibility index (Phi) is 4.02. The third-order valence-corrected chi connectivity index (χ3v) is 2.36. The summed E-state index contributed by atoms with van der Waals surface area (Å²) in [7, 11) is 1.82. The van der Waals surface area contributed by atoms with E-state index in [4.69, 9.17) is 9.47 Å². The van der Waals surface area contributed by atoms with Crippen molar-refractivity contribution >= 4 is 5.82 Å². The van der Waals surface area contributed by atoms with E-state index in [1.54, 1.807) is 6.20 Å². The van der Waals surface area contributed by atoms with Crippen LogP contribution in [0, 0.1) is 0 Å². The van der Waals surface area contributed by atoms with Crippen molar-refractivity contribution in [3.63, 3.8) is 0 Å². The lowest BCUT2D eigenvalue weighted by Gasteiger charge is -2.08. The largest absolute Gasteiger partial charge is 0.494 e. The highest BCUT2D eigenvalue weighted by Gasteiger charge is 1.99. The number of benzene rings is 1. The minimum atomic E-state index is 0.663. The summed E-state index contributed by atoms with van der Waals surface area (Å²) in [6.07, 6.45) is 1.70. The lowest BCUT2D eigenvalue weighted by atomic mass is 10.3. The number of pyridine rings is 1. The van der Waals surface area contributed by atoms with Gasteiger partial charge in [-0.25, -0.2) is 4.98 Å². The second kappa shape index (κ2) is 5.91. The average Bonchev–Trinajstić information content (AvgIpc) is 2.42. The highest BCUT2D eigenvalue weighted by Crippen LogP contribution is 2.24. The summed E-state index contributed by atoms with van der Waals surface area (Å²) in [4.78, 5) is 4.13. The van der Waals surface area contributed by atoms with Crippen LogP contribution in [0.15, 0.2) is 42.6 Å². The topological polar surface area (TPSA) is 43.4 Å². The Labute approximate surface area is 107 Å². The number of hydrogen-bond acceptors (Lipinski definition) is 4. The summed E-state index contributed by atoms with van der Waals surface area (Å²) in [6, 6.07) is 11.2. The van der Waals surface area contributed by atoms with Crippen LogP contribution in [0.25, 0.3) is 0 Å². The van der Waals surface area contributed by atoms with Crippen molar-refractivity contribution in [3.05, 3.63) is 42.6 Å². The number of rotatable bonds is 5. The van der Waals surface area contributed by atoms with Gasteiger partial charge in [0.25, 0.3) is 0 Å². The van der Waals surface area contributed by atoms with Crippen molar-refractivity contribution in [2.24, 2.45) is 0 Å². The minimum absolute atomic E-state index is 0.663. The van der Waals surface area contributed by atoms with E-state index in [9.17, 15) is 0 Å². The smallest absolute Gasteiger partial charge is 0.132 e. The van der Waals surface area contributed by atoms with Crippen LogP contribution in [0.1, 0.15) is 6.92 Å². The van der Waals surface area contributed by atoms with Crippen molar-refractivity contribution in [2.75, 3.05) is 19.0 Å². The van der Waals surface area contributed by atoms with Crippen LogP contribution in [-0.4, -0.2) is 18.6 Å². The van der Waals surface area contributed by atoms with Crippen LogP contribution in [0.3, 0.4) is 0 Å². The number of hydrogen-bond donors (Lipinski definition) is 1. The van der Waals surface area contributed by atoms with E-state index >= 15 is 0 Å². The molecular weight excluding hydrogens is 228 g/mol. The molecule has 1 N–H and O–H groups in total. The second-order valence-corrected chi connectivity index (χ2v) is 3.63. The SMILES string of the molecule is CCOc1ccc(Oc2ccnc(NC)c2)cc1. The molecule has 4 heteroatoms. The Hall–Kier alpha value is -2.23. The summed E-state index contributed by atoms with van der Waals surface area (Å²) >= 11 is 0. The number of anilines is 1. The number of nitrogens with one attached hydrogen (secondary N) is 1. The number of nitrogens with zero attached hydrogens (tertiary/aromatic N) is 1. The number of aromatic nitrogens is 1. The Morgan fingerprint density at radius 3 is 2.44 bits per heavy atom. The van der Waals surface area contributed by atoms with Crippen LogP contribution in [0.2, 0.25) is 0 Å². The van der Waals surface area contributed by atoms with Crippen LogP contribution in [0.4, 0.5) is 5.82 Å². The molecule has 94 valence electrons. The van der Waals surface area contributed by atoms with Crippen molar-refractivity contribution in [1.29, 1.82) is 0 Å². The predicted octanol–water partition coefficient (Wildman–Crippen LogP) is 3.31. The standard InChI is InChI=1S/C14H16N2O2/c1-3-17-11-4-6-12(7-5-11)18-13-8-9-16-14(10-13)15-2/h4-10H,3H2,1-2H3,(H,15,16). The molecular formula is C14H16N2O2. The average molecular weight is 244 g/mol. The van der Waals surface area contributed by atoms with Crippen LogP contribution >= 0.6 is 0 Å². The van der Waals surface area contributed by atoms with E-state index in [-0.39, 0.29) is 0 Å². The molecule has 0 saturated carbocycles. The third kappa shape index (κ3) is 3.13. The normalized spacial score (nSPS) is 9.89. The van der Waals surface area contributed by atoms with E-state index in [1.807, 2.05) is 50.4 Å². The molecule has 4 nitrogen and oxygen atoms in total. The molecule has 0 unspecified atom stereocenters. The Morgan fingerprint density at radius 2 is 1.78 bits per heavy atom. The zero-order valence-corrected chi connectivity index (χ0v) is 10.5. The summed E-state index contributed by atoms with van der Waals surface area (Å²) in [5.74, 6) is 3.14. The minimum Gasteiger partial charge on any atom is -0.494 e. The maximum absolute atomic E-state index is 5.72. The van der Waals surface area contributed by atoms with Gasteiger partial charge in [0.15, 0.2) is 0 Å². The Bertz CT molecular complexity index is 497. The second-order valence-electron chi connectivity index (χ2n) is 3.63. The fourth-order valence-corrected chi connectivity index (χ4v) is 1.52. The van der Waals surface area contributed by atoms with Gasteiger partial charge in [0.1, 0.15) is 23.1 Å². The molecule has 1 aromatic carbocycles. The van der Waals surface area contributed by atoms with E-state index < -0.39 is 0 Å². The molecule has 0 aliphatic heterocycles. The van der Waals surface area contributed by atoms with Gasteiger partial charge in [-0.2, -0.15) is 0 Å². The molecule has 0 amide bonds. The van der Waals surface area contributed by atoms with E-state index in [0.29, 0.717) is 6.61 Å². The van der Waals surface area contributed by atoms with Gasteiger partial charge < -0.3 is 14.8 Å². The first-order valence-electron chi connectivity index (χ1n) is 5.86. The lowest BCUT2D eigenvalue weighted by Crippen LogP contribution is -1.93. The summed E-state index contributed by atoms with van der Waals surface area (Å²) in [6.45, 7) is 2.62. The molecule has 0 bridgehead atoms. The molecule has 0 spiro atoms. The maximum Gasteiger partial charge on any atom is 0.132 e. The van der Waals surface area contributed by atoms with Gasteiger partial charge in [-0.3, -0.25) is 0 Å². The molecule has 0 aliphatic rings. The van der Waals surface area contributed by atoms with Gasteiger partial charge in [-0.15, -0.1) is 0 Å². The summed E-state index contributed by atoms with van der Waals surface area (Å²) < 4.78 is 11.1. The van der Waals surface area contributed by atoms with Gasteiger partial charge in [-0.1, -0.05) is 0 Å². The molecule has 1 heterocycles. The van der Waals surface area contributed by atoms with Gasteiger partial charge in [0, 0.05) is 19.3 Å². The summed E-state index contributed by atoms with van der Waals surface area (Å²) in [5.41, 5.74) is 0. The highest BCUT2D eigenvalue weighted by atomic mass is 16.5. The zero-order chi connectivity index (χ0) is 12.8. The Balaban J connectivity index is 2.08. The molecule has 1 aromatic heterocycles. The van der Waals surface area contributed by atoms with E-state index in [0.717, 1.165) is 23.1 Å². The molecule has 0 atom stereocenters. The number of ether oxygens (including phenoxy) is 2. The molecule has 0 radical (unpaired) electrons. The van der Waals surface area contributed by atoms with Crippen molar-refractivity contribution < 1.29 is 9.47 Å². The fourth-order valence-electron chi connectivity index (χ4n) is 1.52.